The summed E-state index contributed by atoms with van der Waals surface area (Å²) in [6.07, 6.45) is 0.378. The van der Waals surface area contributed by atoms with E-state index in [1.807, 2.05) is 0 Å². The summed E-state index contributed by atoms with van der Waals surface area (Å²) in [5, 5.41) is 9.90. The Balaban J connectivity index is 4.24. The number of aliphatic hydroxyl groups is 1. The minimum atomic E-state index is -0.844. The monoisotopic (exact) mass is 258 g/mol. The van der Waals surface area contributed by atoms with E-state index in [0.717, 1.165) is 0 Å². The van der Waals surface area contributed by atoms with Crippen LogP contribution in [0.2, 0.25) is 0 Å². The number of ether oxygens (including phenoxy) is 2. The number of carbonyl (C=O) groups is 2. The maximum Gasteiger partial charge on any atom is 0.508 e. The van der Waals surface area contributed by atoms with E-state index in [0.29, 0.717) is 12.0 Å². The Morgan fingerprint density at radius 1 is 1.28 bits per heavy atom. The van der Waals surface area contributed by atoms with Crippen LogP contribution in [0.4, 0.5) is 4.79 Å². The molecule has 104 valence electrons. The number of hydrogen-bond donors (Lipinski definition) is 1. The van der Waals surface area contributed by atoms with Crippen molar-refractivity contribution in [1.29, 1.82) is 0 Å². The van der Waals surface area contributed by atoms with E-state index < -0.39 is 18.2 Å². The first-order valence-electron chi connectivity index (χ1n) is 6.10. The number of hydrogen-bond acceptors (Lipinski definition) is 5. The standard InChI is InChI=1S/C13H22O5/c1-5-11(14)10(4)12(15)9(3)7-8-18-13(16)17-6-2/h7,10,12,15H,5-6,8H2,1-4H3/b9-7-/t10-,12-/m0/s1. The third-order valence-corrected chi connectivity index (χ3v) is 2.67. The van der Waals surface area contributed by atoms with Gasteiger partial charge >= 0.3 is 6.16 Å². The van der Waals surface area contributed by atoms with Gasteiger partial charge in [-0.2, -0.15) is 0 Å². The largest absolute Gasteiger partial charge is 0.508 e. The van der Waals surface area contributed by atoms with Crippen molar-refractivity contribution in [3.63, 3.8) is 0 Å². The minimum absolute atomic E-state index is 0.00145. The number of Topliss-reactive ketones (excluding diaryl/α,β-unsaturated/α-hetero) is 1. The minimum Gasteiger partial charge on any atom is -0.435 e. The molecular formula is C13H22O5. The molecule has 0 aliphatic carbocycles. The highest BCUT2D eigenvalue weighted by atomic mass is 16.7. The molecule has 0 amide bonds. The van der Waals surface area contributed by atoms with Gasteiger partial charge in [0.25, 0.3) is 0 Å². The van der Waals surface area contributed by atoms with Crippen LogP contribution in [0, 0.1) is 5.92 Å². The van der Waals surface area contributed by atoms with Crippen LogP contribution in [0.3, 0.4) is 0 Å². The van der Waals surface area contributed by atoms with Gasteiger partial charge in [0.15, 0.2) is 0 Å². The normalized spacial score (nSPS) is 14.8. The Bertz CT molecular complexity index is 309. The number of ketones is 1. The van der Waals surface area contributed by atoms with Gasteiger partial charge in [-0.05, 0) is 25.5 Å². The first-order valence-corrected chi connectivity index (χ1v) is 6.10. The molecule has 0 saturated carbocycles. The molecule has 0 aromatic heterocycles. The van der Waals surface area contributed by atoms with E-state index in [4.69, 9.17) is 4.74 Å². The summed E-state index contributed by atoms with van der Waals surface area (Å²) in [4.78, 5) is 22.3. The highest BCUT2D eigenvalue weighted by Gasteiger charge is 2.21. The summed E-state index contributed by atoms with van der Waals surface area (Å²) in [6, 6.07) is 0. The zero-order chi connectivity index (χ0) is 14.1. The van der Waals surface area contributed by atoms with Crippen LogP contribution in [-0.4, -0.2) is 36.4 Å². The quantitative estimate of drug-likeness (QED) is 0.559. The van der Waals surface area contributed by atoms with Crippen LogP contribution >= 0.6 is 0 Å². The second kappa shape index (κ2) is 8.69. The fourth-order valence-electron chi connectivity index (χ4n) is 1.41. The summed E-state index contributed by atoms with van der Waals surface area (Å²) in [5.41, 5.74) is 0.605. The predicted molar refractivity (Wildman–Crippen MR) is 67.2 cm³/mol. The summed E-state index contributed by atoms with van der Waals surface area (Å²) >= 11 is 0. The lowest BCUT2D eigenvalue weighted by Gasteiger charge is -2.18. The molecule has 18 heavy (non-hydrogen) atoms. The molecule has 0 unspecified atom stereocenters. The van der Waals surface area contributed by atoms with Gasteiger partial charge in [0.1, 0.15) is 12.4 Å². The van der Waals surface area contributed by atoms with Gasteiger partial charge in [-0.1, -0.05) is 13.8 Å². The average Bonchev–Trinajstić information content (AvgIpc) is 2.36. The molecule has 0 aliphatic rings. The third kappa shape index (κ3) is 5.82. The average molecular weight is 258 g/mol. The Labute approximate surface area is 108 Å². The summed E-state index contributed by atoms with van der Waals surface area (Å²) < 4.78 is 9.32. The third-order valence-electron chi connectivity index (χ3n) is 2.67. The van der Waals surface area contributed by atoms with Crippen LogP contribution in [0.1, 0.15) is 34.1 Å². The molecule has 0 bridgehead atoms. The van der Waals surface area contributed by atoms with Crippen molar-refractivity contribution in [3.05, 3.63) is 11.6 Å². The molecule has 0 aromatic carbocycles. The summed E-state index contributed by atoms with van der Waals surface area (Å²) in [5.74, 6) is -0.449. The maximum atomic E-state index is 11.4. The molecule has 1 N–H and O–H groups in total. The fraction of sp³-hybridized carbons (Fsp3) is 0.692. The second-order valence-electron chi connectivity index (χ2n) is 4.00. The van der Waals surface area contributed by atoms with E-state index >= 15 is 0 Å². The van der Waals surface area contributed by atoms with E-state index in [1.165, 1.54) is 0 Å². The second-order valence-corrected chi connectivity index (χ2v) is 4.00. The van der Waals surface area contributed by atoms with Crippen molar-refractivity contribution in [2.45, 2.75) is 40.2 Å². The molecule has 0 radical (unpaired) electrons. The maximum absolute atomic E-state index is 11.4. The van der Waals surface area contributed by atoms with Crippen LogP contribution < -0.4 is 0 Å². The lowest BCUT2D eigenvalue weighted by Crippen LogP contribution is -2.26. The molecule has 0 saturated heterocycles. The molecule has 0 spiro atoms. The molecule has 5 nitrogen and oxygen atoms in total. The van der Waals surface area contributed by atoms with Crippen molar-refractivity contribution in [2.75, 3.05) is 13.2 Å². The van der Waals surface area contributed by atoms with Crippen molar-refractivity contribution in [3.8, 4) is 0 Å². The highest BCUT2D eigenvalue weighted by molar-refractivity contribution is 5.81. The van der Waals surface area contributed by atoms with Gasteiger partial charge < -0.3 is 14.6 Å². The molecule has 2 atom stereocenters. The van der Waals surface area contributed by atoms with Crippen LogP contribution in [0.25, 0.3) is 0 Å². The lowest BCUT2D eigenvalue weighted by molar-refractivity contribution is -0.124. The highest BCUT2D eigenvalue weighted by Crippen LogP contribution is 2.14. The fourth-order valence-corrected chi connectivity index (χ4v) is 1.41. The van der Waals surface area contributed by atoms with Gasteiger partial charge in [0.2, 0.25) is 0 Å². The Morgan fingerprint density at radius 2 is 1.89 bits per heavy atom. The molecule has 0 aromatic rings. The van der Waals surface area contributed by atoms with Crippen LogP contribution in [-0.2, 0) is 14.3 Å². The number of carbonyl (C=O) groups excluding carboxylic acids is 2. The Morgan fingerprint density at radius 3 is 2.39 bits per heavy atom. The van der Waals surface area contributed by atoms with E-state index in [2.05, 4.69) is 4.74 Å². The molecule has 0 fully saturated rings. The molecule has 0 rings (SSSR count). The predicted octanol–water partition coefficient (Wildman–Crippen LogP) is 2.08. The SMILES string of the molecule is CCOC(=O)OC/C=C(/C)[C@H](O)[C@@H](C)C(=O)CC. The van der Waals surface area contributed by atoms with E-state index in [9.17, 15) is 14.7 Å². The number of rotatable bonds is 7. The van der Waals surface area contributed by atoms with Crippen molar-refractivity contribution >= 4 is 11.9 Å². The van der Waals surface area contributed by atoms with Gasteiger partial charge in [-0.25, -0.2) is 4.79 Å². The molecule has 0 heterocycles. The van der Waals surface area contributed by atoms with Crippen LogP contribution in [0.15, 0.2) is 11.6 Å². The first kappa shape index (κ1) is 16.6. The van der Waals surface area contributed by atoms with Gasteiger partial charge in [-0.3, -0.25) is 4.79 Å². The molecule has 0 aliphatic heterocycles. The Hall–Kier alpha value is -1.36. The summed E-state index contributed by atoms with van der Waals surface area (Å²) in [7, 11) is 0. The van der Waals surface area contributed by atoms with E-state index in [1.54, 1.807) is 33.8 Å². The zero-order valence-electron chi connectivity index (χ0n) is 11.4. The molecule has 5 heteroatoms. The van der Waals surface area contributed by atoms with Gasteiger partial charge in [-0.15, -0.1) is 0 Å². The first-order chi connectivity index (χ1) is 8.43. The van der Waals surface area contributed by atoms with Crippen molar-refractivity contribution in [1.82, 2.24) is 0 Å². The molecular weight excluding hydrogens is 236 g/mol. The van der Waals surface area contributed by atoms with Gasteiger partial charge in [0.05, 0.1) is 12.7 Å². The van der Waals surface area contributed by atoms with Crippen LogP contribution in [0.5, 0.6) is 0 Å². The van der Waals surface area contributed by atoms with Crippen molar-refractivity contribution < 1.29 is 24.2 Å². The number of aliphatic hydroxyl groups excluding tert-OH is 1. The lowest BCUT2D eigenvalue weighted by atomic mass is 9.93. The van der Waals surface area contributed by atoms with E-state index in [-0.39, 0.29) is 19.0 Å². The zero-order valence-corrected chi connectivity index (χ0v) is 11.4. The summed E-state index contributed by atoms with van der Waals surface area (Å²) in [6.45, 7) is 7.10. The van der Waals surface area contributed by atoms with Crippen molar-refractivity contribution in [2.24, 2.45) is 5.92 Å². The topological polar surface area (TPSA) is 72.8 Å². The smallest absolute Gasteiger partial charge is 0.435 e. The Kier molecular flexibility index (Phi) is 8.03. The van der Waals surface area contributed by atoms with Gasteiger partial charge in [0, 0.05) is 12.3 Å².